The molecule has 0 heterocycles. The van der Waals surface area contributed by atoms with Crippen LogP contribution in [0.15, 0.2) is 34.8 Å². The fourth-order valence-electron chi connectivity index (χ4n) is 2.03. The number of methoxy groups -OCH3 is 2. The summed E-state index contributed by atoms with van der Waals surface area (Å²) < 4.78 is 24.2. The summed E-state index contributed by atoms with van der Waals surface area (Å²) in [5.74, 6) is 0.721. The van der Waals surface area contributed by atoms with Gasteiger partial charge in [-0.15, -0.1) is 0 Å². The Morgan fingerprint density at radius 1 is 1.10 bits per heavy atom. The molecule has 0 spiro atoms. The first-order valence-corrected chi connectivity index (χ1v) is 7.27. The third kappa shape index (κ3) is 3.31. The van der Waals surface area contributed by atoms with Gasteiger partial charge >= 0.3 is 0 Å². The van der Waals surface area contributed by atoms with Gasteiger partial charge < -0.3 is 15.2 Å². The second kappa shape index (κ2) is 6.64. The number of nitrogens with two attached hydrogens (primary N) is 1. The highest BCUT2D eigenvalue weighted by molar-refractivity contribution is 9.10. The molecule has 0 radical (unpaired) electrons. The van der Waals surface area contributed by atoms with E-state index in [9.17, 15) is 4.39 Å². The molecule has 1 atom stereocenters. The molecule has 0 aromatic heterocycles. The number of halogens is 3. The summed E-state index contributed by atoms with van der Waals surface area (Å²) in [7, 11) is 3.07. The number of rotatable bonds is 4. The van der Waals surface area contributed by atoms with Gasteiger partial charge in [0, 0.05) is 15.6 Å². The Hall–Kier alpha value is -1.30. The highest BCUT2D eigenvalue weighted by Gasteiger charge is 2.19. The van der Waals surface area contributed by atoms with E-state index in [-0.39, 0.29) is 5.82 Å². The highest BCUT2D eigenvalue weighted by atomic mass is 79.9. The molecule has 0 amide bonds. The van der Waals surface area contributed by atoms with Crippen molar-refractivity contribution in [2.75, 3.05) is 14.2 Å². The molecule has 0 aliphatic heterocycles. The topological polar surface area (TPSA) is 44.5 Å². The average molecular weight is 375 g/mol. The number of hydrogen-bond acceptors (Lipinski definition) is 3. The zero-order valence-corrected chi connectivity index (χ0v) is 13.8. The molecular formula is C15H14BrClFNO2. The molecule has 0 saturated heterocycles. The first kappa shape index (κ1) is 16.1. The molecule has 6 heteroatoms. The smallest absolute Gasteiger partial charge is 0.162 e. The van der Waals surface area contributed by atoms with Crippen molar-refractivity contribution in [2.45, 2.75) is 6.04 Å². The molecule has 2 N–H and O–H groups in total. The van der Waals surface area contributed by atoms with Crippen molar-refractivity contribution in [1.82, 2.24) is 0 Å². The van der Waals surface area contributed by atoms with Crippen LogP contribution in [0.4, 0.5) is 4.39 Å². The van der Waals surface area contributed by atoms with Gasteiger partial charge in [0.25, 0.3) is 0 Å². The van der Waals surface area contributed by atoms with Gasteiger partial charge in [-0.3, -0.25) is 0 Å². The third-order valence-corrected chi connectivity index (χ3v) is 4.15. The van der Waals surface area contributed by atoms with Crippen LogP contribution in [0.25, 0.3) is 0 Å². The quantitative estimate of drug-likeness (QED) is 0.867. The standard InChI is InChI=1S/C15H14BrClFNO2/c1-20-13-6-10(12(17)7-14(13)21-2)15(19)9-4-3-8(18)5-11(9)16/h3-7,15H,19H2,1-2H3. The molecule has 2 aromatic rings. The summed E-state index contributed by atoms with van der Waals surface area (Å²) in [5, 5.41) is 0.455. The molecule has 0 aliphatic carbocycles. The molecule has 3 nitrogen and oxygen atoms in total. The summed E-state index contributed by atoms with van der Waals surface area (Å²) in [6, 6.07) is 7.19. The van der Waals surface area contributed by atoms with Crippen molar-refractivity contribution in [3.05, 3.63) is 56.8 Å². The number of hydrogen-bond donors (Lipinski definition) is 1. The summed E-state index contributed by atoms with van der Waals surface area (Å²) in [6.45, 7) is 0. The SMILES string of the molecule is COc1cc(Cl)c(C(N)c2ccc(F)cc2Br)cc1OC. The van der Waals surface area contributed by atoms with Gasteiger partial charge in [-0.05, 0) is 29.3 Å². The molecular weight excluding hydrogens is 361 g/mol. The Morgan fingerprint density at radius 3 is 2.29 bits per heavy atom. The fraction of sp³-hybridized carbons (Fsp3) is 0.200. The first-order chi connectivity index (χ1) is 9.97. The van der Waals surface area contributed by atoms with Gasteiger partial charge in [0.05, 0.1) is 20.3 Å². The fourth-order valence-corrected chi connectivity index (χ4v) is 2.90. The van der Waals surface area contributed by atoms with E-state index >= 15 is 0 Å². The first-order valence-electron chi connectivity index (χ1n) is 6.10. The lowest BCUT2D eigenvalue weighted by atomic mass is 9.99. The number of ether oxygens (including phenoxy) is 2. The van der Waals surface area contributed by atoms with Crippen LogP contribution in [0.3, 0.4) is 0 Å². The van der Waals surface area contributed by atoms with Crippen LogP contribution in [0.2, 0.25) is 5.02 Å². The summed E-state index contributed by atoms with van der Waals surface area (Å²) in [4.78, 5) is 0. The maximum absolute atomic E-state index is 13.2. The van der Waals surface area contributed by atoms with Crippen molar-refractivity contribution in [3.63, 3.8) is 0 Å². The largest absolute Gasteiger partial charge is 0.493 e. The molecule has 1 unspecified atom stereocenters. The van der Waals surface area contributed by atoms with E-state index in [4.69, 9.17) is 26.8 Å². The van der Waals surface area contributed by atoms with Crippen LogP contribution in [-0.2, 0) is 0 Å². The zero-order chi connectivity index (χ0) is 15.6. The van der Waals surface area contributed by atoms with Crippen molar-refractivity contribution < 1.29 is 13.9 Å². The van der Waals surface area contributed by atoms with Crippen molar-refractivity contribution in [1.29, 1.82) is 0 Å². The highest BCUT2D eigenvalue weighted by Crippen LogP contribution is 2.38. The minimum atomic E-state index is -0.521. The molecule has 2 aromatic carbocycles. The second-order valence-corrected chi connectivity index (χ2v) is 5.63. The van der Waals surface area contributed by atoms with E-state index in [1.54, 1.807) is 18.2 Å². The van der Waals surface area contributed by atoms with E-state index in [1.807, 2.05) is 0 Å². The molecule has 0 aliphatic rings. The van der Waals surface area contributed by atoms with Gasteiger partial charge in [0.2, 0.25) is 0 Å². The van der Waals surface area contributed by atoms with Gasteiger partial charge in [0.1, 0.15) is 5.82 Å². The molecule has 0 bridgehead atoms. The Kier molecular flexibility index (Phi) is 5.08. The van der Waals surface area contributed by atoms with Crippen LogP contribution < -0.4 is 15.2 Å². The Morgan fingerprint density at radius 2 is 1.71 bits per heavy atom. The van der Waals surface area contributed by atoms with E-state index in [0.717, 1.165) is 5.56 Å². The van der Waals surface area contributed by atoms with Gasteiger partial charge in [-0.2, -0.15) is 0 Å². The normalized spacial score (nSPS) is 12.1. The predicted molar refractivity (Wildman–Crippen MR) is 84.7 cm³/mol. The second-order valence-electron chi connectivity index (χ2n) is 4.37. The monoisotopic (exact) mass is 373 g/mol. The van der Waals surface area contributed by atoms with Crippen LogP contribution in [0, 0.1) is 5.82 Å². The Labute approximate surface area is 135 Å². The summed E-state index contributed by atoms with van der Waals surface area (Å²) >= 11 is 9.57. The maximum Gasteiger partial charge on any atom is 0.162 e. The van der Waals surface area contributed by atoms with Crippen LogP contribution in [0.5, 0.6) is 11.5 Å². The van der Waals surface area contributed by atoms with Gasteiger partial charge in [-0.1, -0.05) is 33.6 Å². The van der Waals surface area contributed by atoms with Crippen LogP contribution >= 0.6 is 27.5 Å². The van der Waals surface area contributed by atoms with E-state index < -0.39 is 6.04 Å². The molecule has 2 rings (SSSR count). The molecule has 21 heavy (non-hydrogen) atoms. The van der Waals surface area contributed by atoms with Crippen LogP contribution in [0.1, 0.15) is 17.2 Å². The lowest BCUT2D eigenvalue weighted by Gasteiger charge is -2.18. The lowest BCUT2D eigenvalue weighted by molar-refractivity contribution is 0.354. The van der Waals surface area contributed by atoms with E-state index in [1.165, 1.54) is 26.4 Å². The molecule has 0 saturated carbocycles. The molecule has 112 valence electrons. The zero-order valence-electron chi connectivity index (χ0n) is 11.5. The minimum absolute atomic E-state index is 0.337. The Bertz CT molecular complexity index is 666. The average Bonchev–Trinajstić information content (AvgIpc) is 2.46. The van der Waals surface area contributed by atoms with Crippen molar-refractivity contribution in [2.24, 2.45) is 5.73 Å². The maximum atomic E-state index is 13.2. The number of benzene rings is 2. The van der Waals surface area contributed by atoms with E-state index in [0.29, 0.717) is 26.6 Å². The van der Waals surface area contributed by atoms with E-state index in [2.05, 4.69) is 15.9 Å². The van der Waals surface area contributed by atoms with Crippen molar-refractivity contribution in [3.8, 4) is 11.5 Å². The lowest BCUT2D eigenvalue weighted by Crippen LogP contribution is -2.13. The minimum Gasteiger partial charge on any atom is -0.493 e. The predicted octanol–water partition coefficient (Wildman–Crippen LogP) is 4.31. The van der Waals surface area contributed by atoms with Gasteiger partial charge in [-0.25, -0.2) is 4.39 Å². The summed E-state index contributed by atoms with van der Waals surface area (Å²) in [6.07, 6.45) is 0. The Balaban J connectivity index is 2.50. The van der Waals surface area contributed by atoms with Gasteiger partial charge in [0.15, 0.2) is 11.5 Å². The third-order valence-electron chi connectivity index (χ3n) is 3.14. The molecule has 0 fully saturated rings. The summed E-state index contributed by atoms with van der Waals surface area (Å²) in [5.41, 5.74) is 7.65. The van der Waals surface area contributed by atoms with Crippen molar-refractivity contribution >= 4 is 27.5 Å². The van der Waals surface area contributed by atoms with Crippen LogP contribution in [-0.4, -0.2) is 14.2 Å².